The number of unbranched alkanes of at least 4 members (excludes halogenated alkanes) is 1. The summed E-state index contributed by atoms with van der Waals surface area (Å²) in [6, 6.07) is 0. The van der Waals surface area contributed by atoms with Crippen LogP contribution in [0.4, 0.5) is 0 Å². The summed E-state index contributed by atoms with van der Waals surface area (Å²) in [6.45, 7) is 7.01. The number of rotatable bonds is 8. The lowest BCUT2D eigenvalue weighted by Crippen LogP contribution is -2.14. The molecule has 1 aromatic heterocycles. The lowest BCUT2D eigenvalue weighted by molar-refractivity contribution is 0.0760. The first kappa shape index (κ1) is 12.6. The van der Waals surface area contributed by atoms with E-state index in [1.54, 1.807) is 11.3 Å². The van der Waals surface area contributed by atoms with E-state index in [1.165, 1.54) is 11.3 Å². The molecule has 4 heteroatoms. The van der Waals surface area contributed by atoms with Gasteiger partial charge in [-0.15, -0.1) is 11.3 Å². The maximum Gasteiger partial charge on any atom is 0.0794 e. The van der Waals surface area contributed by atoms with Crippen LogP contribution in [-0.2, 0) is 11.3 Å². The van der Waals surface area contributed by atoms with Crippen molar-refractivity contribution in [2.24, 2.45) is 0 Å². The predicted molar refractivity (Wildman–Crippen MR) is 64.1 cm³/mol. The number of hydrogen-bond acceptors (Lipinski definition) is 4. The fourth-order valence-corrected chi connectivity index (χ4v) is 1.78. The third-order valence-corrected chi connectivity index (χ3v) is 2.76. The van der Waals surface area contributed by atoms with Crippen molar-refractivity contribution in [3.63, 3.8) is 0 Å². The van der Waals surface area contributed by atoms with Crippen molar-refractivity contribution in [1.29, 1.82) is 0 Å². The van der Waals surface area contributed by atoms with Crippen LogP contribution in [0.3, 0.4) is 0 Å². The summed E-state index contributed by atoms with van der Waals surface area (Å²) in [6.07, 6.45) is 4.58. The molecule has 0 spiro atoms. The second-order valence-electron chi connectivity index (χ2n) is 3.77. The molecule has 0 aliphatic heterocycles. The van der Waals surface area contributed by atoms with Gasteiger partial charge < -0.3 is 10.1 Å². The van der Waals surface area contributed by atoms with Crippen molar-refractivity contribution < 1.29 is 4.74 Å². The van der Waals surface area contributed by atoms with E-state index in [9.17, 15) is 0 Å². The number of ether oxygens (including phenoxy) is 1. The lowest BCUT2D eigenvalue weighted by Gasteiger charge is -2.07. The van der Waals surface area contributed by atoms with E-state index in [0.717, 1.165) is 26.1 Å². The Balaban J connectivity index is 1.85. The maximum atomic E-state index is 5.46. The quantitative estimate of drug-likeness (QED) is 0.694. The largest absolute Gasteiger partial charge is 0.379 e. The standard InChI is InChI=1S/C11H20N2OS/c1-10(2)14-6-4-3-5-12-7-11-8-13-9-15-11/h8-10,12H,3-7H2,1-2H3. The van der Waals surface area contributed by atoms with Crippen molar-refractivity contribution in [3.05, 3.63) is 16.6 Å². The lowest BCUT2D eigenvalue weighted by atomic mass is 10.3. The molecule has 1 aromatic rings. The average Bonchev–Trinajstić information content (AvgIpc) is 2.68. The number of nitrogens with one attached hydrogen (secondary N) is 1. The third kappa shape index (κ3) is 6.60. The zero-order valence-electron chi connectivity index (χ0n) is 9.53. The smallest absolute Gasteiger partial charge is 0.0794 e. The Labute approximate surface area is 95.9 Å². The summed E-state index contributed by atoms with van der Waals surface area (Å²) in [5.74, 6) is 0. The van der Waals surface area contributed by atoms with E-state index in [1.807, 2.05) is 11.7 Å². The molecule has 0 unspecified atom stereocenters. The third-order valence-electron chi connectivity index (χ3n) is 1.98. The Hall–Kier alpha value is -0.450. The Morgan fingerprint density at radius 1 is 1.47 bits per heavy atom. The number of aromatic nitrogens is 1. The molecule has 0 aliphatic carbocycles. The highest BCUT2D eigenvalue weighted by atomic mass is 32.1. The molecule has 1 heterocycles. The SMILES string of the molecule is CC(C)OCCCCNCc1cncs1. The van der Waals surface area contributed by atoms with Gasteiger partial charge >= 0.3 is 0 Å². The van der Waals surface area contributed by atoms with Crippen LogP contribution in [0.15, 0.2) is 11.7 Å². The molecular formula is C11H20N2OS. The number of nitrogens with zero attached hydrogens (tertiary/aromatic N) is 1. The molecule has 1 N–H and O–H groups in total. The molecule has 1 rings (SSSR count). The fraction of sp³-hybridized carbons (Fsp3) is 0.727. The summed E-state index contributed by atoms with van der Waals surface area (Å²) < 4.78 is 5.46. The van der Waals surface area contributed by atoms with E-state index in [0.29, 0.717) is 6.10 Å². The summed E-state index contributed by atoms with van der Waals surface area (Å²) >= 11 is 1.70. The van der Waals surface area contributed by atoms with Gasteiger partial charge in [0.25, 0.3) is 0 Å². The Morgan fingerprint density at radius 2 is 2.33 bits per heavy atom. The van der Waals surface area contributed by atoms with Crippen LogP contribution in [0.1, 0.15) is 31.6 Å². The second kappa shape index (κ2) is 7.79. The summed E-state index contributed by atoms with van der Waals surface area (Å²) in [5.41, 5.74) is 1.87. The summed E-state index contributed by atoms with van der Waals surface area (Å²) in [5, 5.41) is 3.39. The van der Waals surface area contributed by atoms with E-state index >= 15 is 0 Å². The number of hydrogen-bond donors (Lipinski definition) is 1. The van der Waals surface area contributed by atoms with Gasteiger partial charge in [-0.3, -0.25) is 4.98 Å². The van der Waals surface area contributed by atoms with E-state index in [-0.39, 0.29) is 0 Å². The van der Waals surface area contributed by atoms with Gasteiger partial charge in [0.15, 0.2) is 0 Å². The van der Waals surface area contributed by atoms with E-state index in [4.69, 9.17) is 4.74 Å². The predicted octanol–water partition coefficient (Wildman–Crippen LogP) is 2.44. The van der Waals surface area contributed by atoms with Crippen molar-refractivity contribution in [2.75, 3.05) is 13.2 Å². The van der Waals surface area contributed by atoms with Gasteiger partial charge in [0.2, 0.25) is 0 Å². The van der Waals surface area contributed by atoms with Gasteiger partial charge in [0.05, 0.1) is 11.6 Å². The zero-order chi connectivity index (χ0) is 10.9. The van der Waals surface area contributed by atoms with Gasteiger partial charge in [-0.2, -0.15) is 0 Å². The van der Waals surface area contributed by atoms with Crippen LogP contribution in [0.2, 0.25) is 0 Å². The highest BCUT2D eigenvalue weighted by molar-refractivity contribution is 7.09. The highest BCUT2D eigenvalue weighted by Gasteiger charge is 1.95. The molecule has 0 saturated carbocycles. The van der Waals surface area contributed by atoms with E-state index in [2.05, 4.69) is 24.1 Å². The van der Waals surface area contributed by atoms with Gasteiger partial charge in [0.1, 0.15) is 0 Å². The van der Waals surface area contributed by atoms with Crippen molar-refractivity contribution >= 4 is 11.3 Å². The van der Waals surface area contributed by atoms with Crippen LogP contribution in [0, 0.1) is 0 Å². The first-order chi connectivity index (χ1) is 7.29. The molecule has 86 valence electrons. The Bertz CT molecular complexity index is 237. The van der Waals surface area contributed by atoms with Gasteiger partial charge in [-0.05, 0) is 33.2 Å². The average molecular weight is 228 g/mol. The fourth-order valence-electron chi connectivity index (χ4n) is 1.21. The maximum absolute atomic E-state index is 5.46. The first-order valence-corrected chi connectivity index (χ1v) is 6.36. The molecule has 0 aliphatic rings. The molecule has 3 nitrogen and oxygen atoms in total. The normalized spacial score (nSPS) is 11.1. The molecule has 0 radical (unpaired) electrons. The topological polar surface area (TPSA) is 34.1 Å². The summed E-state index contributed by atoms with van der Waals surface area (Å²) in [4.78, 5) is 5.33. The minimum Gasteiger partial charge on any atom is -0.379 e. The minimum absolute atomic E-state index is 0.357. The summed E-state index contributed by atoms with van der Waals surface area (Å²) in [7, 11) is 0. The van der Waals surface area contributed by atoms with Crippen LogP contribution >= 0.6 is 11.3 Å². The zero-order valence-corrected chi connectivity index (χ0v) is 10.3. The van der Waals surface area contributed by atoms with Gasteiger partial charge in [-0.1, -0.05) is 0 Å². The van der Waals surface area contributed by atoms with Crippen molar-refractivity contribution in [3.8, 4) is 0 Å². The minimum atomic E-state index is 0.357. The number of thiazole rings is 1. The molecule has 0 aromatic carbocycles. The van der Waals surface area contributed by atoms with Gasteiger partial charge in [0, 0.05) is 24.2 Å². The van der Waals surface area contributed by atoms with Crippen LogP contribution in [0.5, 0.6) is 0 Å². The molecule has 0 atom stereocenters. The molecule has 15 heavy (non-hydrogen) atoms. The second-order valence-corrected chi connectivity index (χ2v) is 4.74. The Morgan fingerprint density at radius 3 is 3.00 bits per heavy atom. The van der Waals surface area contributed by atoms with E-state index < -0.39 is 0 Å². The Kier molecular flexibility index (Phi) is 6.55. The van der Waals surface area contributed by atoms with Crippen LogP contribution in [0.25, 0.3) is 0 Å². The molecule has 0 saturated heterocycles. The van der Waals surface area contributed by atoms with Crippen molar-refractivity contribution in [2.45, 2.75) is 39.3 Å². The van der Waals surface area contributed by atoms with Crippen LogP contribution in [-0.4, -0.2) is 24.2 Å². The van der Waals surface area contributed by atoms with Crippen LogP contribution < -0.4 is 5.32 Å². The monoisotopic (exact) mass is 228 g/mol. The molecule has 0 bridgehead atoms. The molecular weight excluding hydrogens is 208 g/mol. The first-order valence-electron chi connectivity index (χ1n) is 5.48. The van der Waals surface area contributed by atoms with Gasteiger partial charge in [-0.25, -0.2) is 0 Å². The molecule has 0 fully saturated rings. The van der Waals surface area contributed by atoms with Crippen molar-refractivity contribution in [1.82, 2.24) is 10.3 Å². The molecule has 0 amide bonds. The highest BCUT2D eigenvalue weighted by Crippen LogP contribution is 2.04.